The van der Waals surface area contributed by atoms with Crippen molar-refractivity contribution in [1.82, 2.24) is 4.57 Å². The van der Waals surface area contributed by atoms with Gasteiger partial charge in [0.25, 0.3) is 0 Å². The number of benzene rings is 4. The molecular formula is C35H31BrFN. The molecular weight excluding hydrogens is 533 g/mol. The van der Waals surface area contributed by atoms with Crippen LogP contribution in [0.15, 0.2) is 108 Å². The lowest BCUT2D eigenvalue weighted by Gasteiger charge is -2.14. The second-order valence-electron chi connectivity index (χ2n) is 9.60. The van der Waals surface area contributed by atoms with Gasteiger partial charge in [0.1, 0.15) is 5.82 Å². The van der Waals surface area contributed by atoms with E-state index >= 15 is 0 Å². The Labute approximate surface area is 233 Å². The number of fused-ring (bicyclic) bond motifs is 1. The highest BCUT2D eigenvalue weighted by atomic mass is 79.9. The van der Waals surface area contributed by atoms with E-state index in [0.29, 0.717) is 11.0 Å². The predicted octanol–water partition coefficient (Wildman–Crippen LogP) is 10.6. The molecule has 4 aromatic carbocycles. The van der Waals surface area contributed by atoms with Gasteiger partial charge in [-0.2, -0.15) is 0 Å². The maximum Gasteiger partial charge on any atom is 0.138 e. The highest BCUT2D eigenvalue weighted by Crippen LogP contribution is 2.34. The average molecular weight is 565 g/mol. The minimum Gasteiger partial charge on any atom is -0.337 e. The topological polar surface area (TPSA) is 4.93 Å². The standard InChI is InChI=1S/C35H31BrFN/c1-3-5-9-29-21-26(13-12-25-14-17-28(18-15-25)27-10-7-6-8-11-27)16-19-31(29)35-23-30-22-33(37)32(36)24-34(30)38(35)20-4-2/h4,6-8,10-19,21-24H,2-3,5,9,20H2,1H3/b13-12+. The van der Waals surface area contributed by atoms with Crippen molar-refractivity contribution in [1.29, 1.82) is 0 Å². The van der Waals surface area contributed by atoms with Crippen LogP contribution in [-0.4, -0.2) is 4.57 Å². The largest absolute Gasteiger partial charge is 0.337 e. The molecule has 0 fully saturated rings. The summed E-state index contributed by atoms with van der Waals surface area (Å²) in [5.74, 6) is -0.247. The molecule has 0 aliphatic carbocycles. The molecule has 0 amide bonds. The number of unbranched alkanes of at least 4 members (excludes halogenated alkanes) is 1. The van der Waals surface area contributed by atoms with E-state index in [1.165, 1.54) is 33.4 Å². The highest BCUT2D eigenvalue weighted by Gasteiger charge is 2.15. The fraction of sp³-hybridized carbons (Fsp3) is 0.143. The van der Waals surface area contributed by atoms with Crippen LogP contribution >= 0.6 is 15.9 Å². The molecule has 5 aromatic rings. The molecule has 190 valence electrons. The summed E-state index contributed by atoms with van der Waals surface area (Å²) in [5.41, 5.74) is 9.38. The summed E-state index contributed by atoms with van der Waals surface area (Å²) in [6, 6.07) is 31.4. The van der Waals surface area contributed by atoms with Crippen molar-refractivity contribution in [2.24, 2.45) is 0 Å². The number of allylic oxidation sites excluding steroid dienone is 1. The van der Waals surface area contributed by atoms with Crippen molar-refractivity contribution in [3.05, 3.63) is 131 Å². The quantitative estimate of drug-likeness (QED) is 0.124. The summed E-state index contributed by atoms with van der Waals surface area (Å²) in [5, 5.41) is 0.895. The SMILES string of the molecule is C=CCn1c(-c2ccc(/C=C/c3ccc(-c4ccccc4)cc3)cc2CCCC)cc2cc(F)c(Br)cc21. The third kappa shape index (κ3) is 5.58. The number of nitrogens with zero attached hydrogens (tertiary/aromatic N) is 1. The lowest BCUT2D eigenvalue weighted by molar-refractivity contribution is 0.623. The molecule has 0 saturated carbocycles. The van der Waals surface area contributed by atoms with Gasteiger partial charge in [-0.15, -0.1) is 6.58 Å². The van der Waals surface area contributed by atoms with E-state index in [-0.39, 0.29) is 5.82 Å². The molecule has 1 heterocycles. The van der Waals surface area contributed by atoms with Crippen LogP contribution in [0.3, 0.4) is 0 Å². The van der Waals surface area contributed by atoms with Crippen LogP contribution in [0.5, 0.6) is 0 Å². The van der Waals surface area contributed by atoms with Gasteiger partial charge in [0.05, 0.1) is 9.99 Å². The first-order chi connectivity index (χ1) is 18.6. The second-order valence-corrected chi connectivity index (χ2v) is 10.4. The first-order valence-electron chi connectivity index (χ1n) is 13.1. The molecule has 0 atom stereocenters. The van der Waals surface area contributed by atoms with Crippen LogP contribution in [0, 0.1) is 5.82 Å². The van der Waals surface area contributed by atoms with E-state index < -0.39 is 0 Å². The molecule has 0 unspecified atom stereocenters. The summed E-state index contributed by atoms with van der Waals surface area (Å²) >= 11 is 3.36. The van der Waals surface area contributed by atoms with Gasteiger partial charge in [0.2, 0.25) is 0 Å². The Balaban J connectivity index is 1.49. The lowest BCUT2D eigenvalue weighted by Crippen LogP contribution is -2.00. The molecule has 0 aliphatic heterocycles. The van der Waals surface area contributed by atoms with Gasteiger partial charge in [-0.1, -0.05) is 104 Å². The number of rotatable bonds is 9. The Morgan fingerprint density at radius 2 is 1.55 bits per heavy atom. The van der Waals surface area contributed by atoms with Crippen molar-refractivity contribution in [3.63, 3.8) is 0 Å². The fourth-order valence-corrected chi connectivity index (χ4v) is 5.29. The predicted molar refractivity (Wildman–Crippen MR) is 165 cm³/mol. The summed E-state index contributed by atoms with van der Waals surface area (Å²) in [6.45, 7) is 6.84. The minimum absolute atomic E-state index is 0.247. The Kier molecular flexibility index (Phi) is 8.05. The zero-order chi connectivity index (χ0) is 26.5. The molecule has 0 aliphatic rings. The van der Waals surface area contributed by atoms with E-state index in [4.69, 9.17) is 0 Å². The van der Waals surface area contributed by atoms with Crippen LogP contribution in [0.25, 0.3) is 45.4 Å². The lowest BCUT2D eigenvalue weighted by atomic mass is 9.96. The summed E-state index contributed by atoms with van der Waals surface area (Å²) in [6.07, 6.45) is 9.48. The first kappa shape index (κ1) is 25.9. The second kappa shape index (κ2) is 11.8. The van der Waals surface area contributed by atoms with E-state index in [1.54, 1.807) is 6.07 Å². The van der Waals surface area contributed by atoms with Crippen molar-refractivity contribution < 1.29 is 4.39 Å². The molecule has 1 nitrogen and oxygen atoms in total. The molecule has 5 rings (SSSR count). The van der Waals surface area contributed by atoms with E-state index in [0.717, 1.165) is 35.9 Å². The Bertz CT molecular complexity index is 1590. The Morgan fingerprint density at radius 1 is 0.842 bits per heavy atom. The van der Waals surface area contributed by atoms with Crippen LogP contribution in [0.2, 0.25) is 0 Å². The van der Waals surface area contributed by atoms with Crippen LogP contribution in [-0.2, 0) is 13.0 Å². The van der Waals surface area contributed by atoms with Gasteiger partial charge in [0, 0.05) is 23.2 Å². The number of aromatic nitrogens is 1. The molecule has 0 radical (unpaired) electrons. The Hall–Kier alpha value is -3.69. The molecule has 1 aromatic heterocycles. The first-order valence-corrected chi connectivity index (χ1v) is 13.9. The molecule has 0 saturated heterocycles. The highest BCUT2D eigenvalue weighted by molar-refractivity contribution is 9.10. The summed E-state index contributed by atoms with van der Waals surface area (Å²) in [4.78, 5) is 0. The zero-order valence-electron chi connectivity index (χ0n) is 21.6. The van der Waals surface area contributed by atoms with Crippen LogP contribution < -0.4 is 0 Å². The van der Waals surface area contributed by atoms with Gasteiger partial charge in [-0.3, -0.25) is 0 Å². The van der Waals surface area contributed by atoms with Gasteiger partial charge in [-0.05, 0) is 74.8 Å². The number of hydrogen-bond donors (Lipinski definition) is 0. The van der Waals surface area contributed by atoms with Crippen molar-refractivity contribution in [3.8, 4) is 22.4 Å². The normalized spacial score (nSPS) is 11.4. The maximum atomic E-state index is 14.3. The van der Waals surface area contributed by atoms with Gasteiger partial charge in [0.15, 0.2) is 0 Å². The monoisotopic (exact) mass is 563 g/mol. The van der Waals surface area contributed by atoms with E-state index in [1.807, 2.05) is 18.2 Å². The van der Waals surface area contributed by atoms with Crippen molar-refractivity contribution >= 4 is 39.0 Å². The molecule has 0 N–H and O–H groups in total. The van der Waals surface area contributed by atoms with Crippen LogP contribution in [0.1, 0.15) is 36.5 Å². The number of aryl methyl sites for hydroxylation is 1. The minimum atomic E-state index is -0.247. The number of hydrogen-bond acceptors (Lipinski definition) is 0. The van der Waals surface area contributed by atoms with Crippen molar-refractivity contribution in [2.75, 3.05) is 0 Å². The fourth-order valence-electron chi connectivity index (χ4n) is 4.96. The van der Waals surface area contributed by atoms with Gasteiger partial charge < -0.3 is 4.57 Å². The zero-order valence-corrected chi connectivity index (χ0v) is 23.2. The third-order valence-electron chi connectivity index (χ3n) is 6.95. The smallest absolute Gasteiger partial charge is 0.138 e. The third-order valence-corrected chi connectivity index (χ3v) is 7.55. The summed E-state index contributed by atoms with van der Waals surface area (Å²) < 4.78 is 17.0. The molecule has 0 spiro atoms. The Morgan fingerprint density at radius 3 is 2.29 bits per heavy atom. The molecule has 38 heavy (non-hydrogen) atoms. The average Bonchev–Trinajstić information content (AvgIpc) is 3.28. The molecule has 3 heteroatoms. The number of halogens is 2. The molecule has 0 bridgehead atoms. The maximum absolute atomic E-state index is 14.3. The van der Waals surface area contributed by atoms with Gasteiger partial charge in [-0.25, -0.2) is 4.39 Å². The van der Waals surface area contributed by atoms with Crippen molar-refractivity contribution in [2.45, 2.75) is 32.7 Å². The van der Waals surface area contributed by atoms with E-state index in [9.17, 15) is 4.39 Å². The summed E-state index contributed by atoms with van der Waals surface area (Å²) in [7, 11) is 0. The van der Waals surface area contributed by atoms with E-state index in [2.05, 4.69) is 119 Å². The van der Waals surface area contributed by atoms with Gasteiger partial charge >= 0.3 is 0 Å². The van der Waals surface area contributed by atoms with Crippen LogP contribution in [0.4, 0.5) is 4.39 Å².